The van der Waals surface area contributed by atoms with Crippen molar-refractivity contribution in [3.05, 3.63) is 47.5 Å². The second kappa shape index (κ2) is 9.58. The van der Waals surface area contributed by atoms with E-state index < -0.39 is 29.0 Å². The van der Waals surface area contributed by atoms with Crippen LogP contribution in [0.4, 0.5) is 15.0 Å². The summed E-state index contributed by atoms with van der Waals surface area (Å²) in [5, 5.41) is 16.5. The van der Waals surface area contributed by atoms with Gasteiger partial charge in [0, 0.05) is 30.5 Å². The number of carboxylic acids is 1. The van der Waals surface area contributed by atoms with Gasteiger partial charge in [0.15, 0.2) is 17.2 Å². The summed E-state index contributed by atoms with van der Waals surface area (Å²) in [5.74, 6) is -0.128. The molecule has 0 unspecified atom stereocenters. The third kappa shape index (κ3) is 5.55. The van der Waals surface area contributed by atoms with Crippen molar-refractivity contribution in [2.24, 2.45) is 0 Å². The first-order chi connectivity index (χ1) is 18.3. The number of alkyl carbamates (subject to hydrolysis) is 1. The molecule has 1 saturated carbocycles. The number of carboxylic acid groups (broad SMARTS) is 1. The molecule has 2 aliphatic rings. The van der Waals surface area contributed by atoms with E-state index in [1.807, 2.05) is 39.5 Å². The van der Waals surface area contributed by atoms with E-state index in [-0.39, 0.29) is 29.9 Å². The molecule has 5 rings (SSSR count). The molecule has 12 heteroatoms. The van der Waals surface area contributed by atoms with Crippen LogP contribution in [-0.4, -0.2) is 61.7 Å². The van der Waals surface area contributed by atoms with Gasteiger partial charge in [-0.15, -0.1) is 0 Å². The lowest BCUT2D eigenvalue weighted by Crippen LogP contribution is -2.59. The van der Waals surface area contributed by atoms with Crippen molar-refractivity contribution < 1.29 is 33.3 Å². The number of hydrogen-bond donors (Lipinski definition) is 2. The highest BCUT2D eigenvalue weighted by molar-refractivity contribution is 5.94. The Balaban J connectivity index is 1.35. The number of carbonyl (C=O) groups is 2. The van der Waals surface area contributed by atoms with Crippen molar-refractivity contribution in [2.45, 2.75) is 77.3 Å². The molecule has 0 spiro atoms. The Kier molecular flexibility index (Phi) is 6.51. The summed E-state index contributed by atoms with van der Waals surface area (Å²) in [5.41, 5.74) is -0.291. The zero-order valence-electron chi connectivity index (χ0n) is 22.5. The minimum absolute atomic E-state index is 0.0289. The molecule has 3 aromatic rings. The number of aromatic nitrogens is 3. The highest BCUT2D eigenvalue weighted by Crippen LogP contribution is 2.38. The van der Waals surface area contributed by atoms with Gasteiger partial charge in [-0.3, -0.25) is 0 Å². The van der Waals surface area contributed by atoms with E-state index in [1.165, 1.54) is 22.8 Å². The number of benzene rings is 1. The Morgan fingerprint density at radius 3 is 2.74 bits per heavy atom. The van der Waals surface area contributed by atoms with Gasteiger partial charge >= 0.3 is 12.1 Å². The molecule has 39 heavy (non-hydrogen) atoms. The average Bonchev–Trinajstić information content (AvgIpc) is 3.22. The maximum absolute atomic E-state index is 14.4. The third-order valence-corrected chi connectivity index (χ3v) is 6.77. The monoisotopic (exact) mass is 541 g/mol. The van der Waals surface area contributed by atoms with E-state index in [1.54, 1.807) is 12.3 Å². The molecule has 3 heterocycles. The van der Waals surface area contributed by atoms with Gasteiger partial charge < -0.3 is 29.5 Å². The average molecular weight is 542 g/mol. The molecule has 11 nitrogen and oxygen atoms in total. The third-order valence-electron chi connectivity index (χ3n) is 6.77. The molecule has 0 radical (unpaired) electrons. The van der Waals surface area contributed by atoms with E-state index in [0.29, 0.717) is 42.3 Å². The molecule has 1 aromatic carbocycles. The van der Waals surface area contributed by atoms with Crippen LogP contribution in [0.2, 0.25) is 0 Å². The zero-order valence-corrected chi connectivity index (χ0v) is 22.5. The number of nitrogens with one attached hydrogen (secondary N) is 1. The Bertz CT molecular complexity index is 1430. The predicted octanol–water partition coefficient (Wildman–Crippen LogP) is 4.18. The first-order valence-corrected chi connectivity index (χ1v) is 12.8. The molecule has 0 bridgehead atoms. The van der Waals surface area contributed by atoms with Crippen LogP contribution in [0.3, 0.4) is 0 Å². The first-order valence-electron chi connectivity index (χ1n) is 12.8. The Hall–Kier alpha value is -4.09. The van der Waals surface area contributed by atoms with Crippen molar-refractivity contribution in [2.75, 3.05) is 11.5 Å². The van der Waals surface area contributed by atoms with Gasteiger partial charge in [-0.2, -0.15) is 5.10 Å². The lowest BCUT2D eigenvalue weighted by molar-refractivity contribution is 0.00869. The zero-order chi connectivity index (χ0) is 28.1. The van der Waals surface area contributed by atoms with Gasteiger partial charge in [-0.25, -0.2) is 23.5 Å². The largest absolute Gasteiger partial charge is 0.490 e. The minimum Gasteiger partial charge on any atom is -0.490 e. The SMILES string of the molecule is C[C@@H]1COc2cn3ncc(C(=O)O)c3nc2N1Cc1cc(F)ccc1OC1CC(C)(NC(=O)OC(C)(C)C)C1. The van der Waals surface area contributed by atoms with E-state index in [9.17, 15) is 19.1 Å². The summed E-state index contributed by atoms with van der Waals surface area (Å²) in [4.78, 5) is 30.4. The molecule has 208 valence electrons. The Labute approximate surface area is 224 Å². The van der Waals surface area contributed by atoms with Crippen LogP contribution in [0, 0.1) is 5.82 Å². The van der Waals surface area contributed by atoms with Crippen molar-refractivity contribution in [3.63, 3.8) is 0 Å². The highest BCUT2D eigenvalue weighted by Gasteiger charge is 2.44. The number of halogens is 1. The lowest BCUT2D eigenvalue weighted by Gasteiger charge is -2.45. The minimum atomic E-state index is -1.14. The number of nitrogens with zero attached hydrogens (tertiary/aromatic N) is 4. The van der Waals surface area contributed by atoms with Gasteiger partial charge in [0.05, 0.1) is 18.4 Å². The van der Waals surface area contributed by atoms with Gasteiger partial charge in [-0.1, -0.05) is 0 Å². The number of anilines is 1. The van der Waals surface area contributed by atoms with Crippen molar-refractivity contribution in [3.8, 4) is 11.5 Å². The first kappa shape index (κ1) is 26.5. The van der Waals surface area contributed by atoms with Gasteiger partial charge in [0.1, 0.15) is 35.4 Å². The Morgan fingerprint density at radius 1 is 1.31 bits per heavy atom. The number of hydrogen-bond acceptors (Lipinski definition) is 8. The topological polar surface area (TPSA) is 128 Å². The molecule has 1 aliphatic carbocycles. The number of carbonyl (C=O) groups excluding carboxylic acids is 1. The summed E-state index contributed by atoms with van der Waals surface area (Å²) >= 11 is 0. The molecule has 1 atom stereocenters. The summed E-state index contributed by atoms with van der Waals surface area (Å²) in [7, 11) is 0. The predicted molar refractivity (Wildman–Crippen MR) is 139 cm³/mol. The summed E-state index contributed by atoms with van der Waals surface area (Å²) in [6.45, 7) is 9.92. The number of aromatic carboxylic acids is 1. The summed E-state index contributed by atoms with van der Waals surface area (Å²) < 4.78 is 33.2. The second-order valence-electron chi connectivity index (χ2n) is 11.4. The Morgan fingerprint density at radius 2 is 2.05 bits per heavy atom. The fourth-order valence-corrected chi connectivity index (χ4v) is 4.91. The summed E-state index contributed by atoms with van der Waals surface area (Å²) in [6, 6.07) is 4.24. The molecule has 2 aromatic heterocycles. The van der Waals surface area contributed by atoms with Crippen molar-refractivity contribution in [1.82, 2.24) is 19.9 Å². The fourth-order valence-electron chi connectivity index (χ4n) is 4.91. The van der Waals surface area contributed by atoms with Crippen LogP contribution in [-0.2, 0) is 11.3 Å². The van der Waals surface area contributed by atoms with Crippen LogP contribution >= 0.6 is 0 Å². The number of ether oxygens (including phenoxy) is 3. The maximum Gasteiger partial charge on any atom is 0.408 e. The van der Waals surface area contributed by atoms with Gasteiger partial charge in [0.25, 0.3) is 0 Å². The fraction of sp³-hybridized carbons (Fsp3) is 0.481. The highest BCUT2D eigenvalue weighted by atomic mass is 19.1. The van der Waals surface area contributed by atoms with E-state index in [0.717, 1.165) is 0 Å². The van der Waals surface area contributed by atoms with E-state index in [2.05, 4.69) is 15.4 Å². The van der Waals surface area contributed by atoms with Crippen molar-refractivity contribution >= 4 is 23.5 Å². The van der Waals surface area contributed by atoms with Crippen LogP contribution < -0.4 is 19.7 Å². The van der Waals surface area contributed by atoms with Crippen LogP contribution in [0.1, 0.15) is 63.4 Å². The molecule has 2 N–H and O–H groups in total. The van der Waals surface area contributed by atoms with E-state index in [4.69, 9.17) is 14.2 Å². The quantitative estimate of drug-likeness (QED) is 0.472. The number of amides is 1. The molecule has 1 fully saturated rings. The number of rotatable bonds is 6. The summed E-state index contributed by atoms with van der Waals surface area (Å²) in [6.07, 6.45) is 3.32. The van der Waals surface area contributed by atoms with Crippen LogP contribution in [0.15, 0.2) is 30.6 Å². The van der Waals surface area contributed by atoms with Crippen molar-refractivity contribution in [1.29, 1.82) is 0 Å². The molecular formula is C27H32FN5O6. The molecule has 0 saturated heterocycles. The van der Waals surface area contributed by atoms with Gasteiger partial charge in [0.2, 0.25) is 0 Å². The maximum atomic E-state index is 14.4. The number of fused-ring (bicyclic) bond motifs is 2. The normalized spacial score (nSPS) is 22.5. The van der Waals surface area contributed by atoms with Crippen LogP contribution in [0.25, 0.3) is 5.65 Å². The molecule has 1 amide bonds. The molecular weight excluding hydrogens is 509 g/mol. The smallest absolute Gasteiger partial charge is 0.408 e. The van der Waals surface area contributed by atoms with E-state index >= 15 is 0 Å². The standard InChI is InChI=1S/C27H32FN5O6/c1-15-14-37-21-13-33-22(19(11-29-33)24(34)35)30-23(21)32(15)12-16-8-17(28)6-7-20(16)38-18-9-27(5,10-18)31-25(36)39-26(2,3)4/h6-8,11,13,15,18H,9-10,12,14H2,1-5H3,(H,31,36)(H,34,35)/t15-,18?,27?/m1/s1. The lowest BCUT2D eigenvalue weighted by atomic mass is 9.76. The van der Waals surface area contributed by atoms with Gasteiger partial charge in [-0.05, 0) is 52.8 Å². The van der Waals surface area contributed by atoms with Crippen LogP contribution in [0.5, 0.6) is 11.5 Å². The molecule has 1 aliphatic heterocycles. The second-order valence-corrected chi connectivity index (χ2v) is 11.4.